The molecule has 0 aliphatic rings. The number of hydrogen-bond acceptors (Lipinski definition) is 4. The molecule has 0 bridgehead atoms. The number of pyridine rings is 1. The number of esters is 1. The Kier molecular flexibility index (Phi) is 9.57. The number of nitrogens with zero attached hydrogens (tertiary/aromatic N) is 2. The summed E-state index contributed by atoms with van der Waals surface area (Å²) in [7, 11) is 1.92. The highest BCUT2D eigenvalue weighted by molar-refractivity contribution is 6.34. The van der Waals surface area contributed by atoms with E-state index in [9.17, 15) is 14.0 Å². The first kappa shape index (κ1) is 28.9. The Morgan fingerprint density at radius 2 is 1.73 bits per heavy atom. The van der Waals surface area contributed by atoms with E-state index in [1.807, 2.05) is 57.8 Å². The lowest BCUT2D eigenvalue weighted by Crippen LogP contribution is -2.34. The fourth-order valence-corrected chi connectivity index (χ4v) is 4.49. The molecule has 5 nitrogen and oxygen atoms in total. The molecule has 0 radical (unpaired) electrons. The topological polar surface area (TPSA) is 51.5 Å². The smallest absolute Gasteiger partial charge is 0.338 e. The van der Waals surface area contributed by atoms with Gasteiger partial charge in [0, 0.05) is 19.1 Å². The quantitative estimate of drug-likeness (QED) is 0.285. The van der Waals surface area contributed by atoms with Crippen LogP contribution in [0.15, 0.2) is 59.4 Å². The van der Waals surface area contributed by atoms with Gasteiger partial charge >= 0.3 is 5.97 Å². The number of rotatable bonds is 9. The number of carbonyl (C=O) groups excluding carboxylic acids is 1. The molecule has 1 heterocycles. The van der Waals surface area contributed by atoms with Crippen LogP contribution in [0.1, 0.15) is 54.9 Å². The van der Waals surface area contributed by atoms with Gasteiger partial charge in [-0.05, 0) is 83.0 Å². The molecule has 198 valence electrons. The zero-order chi connectivity index (χ0) is 27.3. The third-order valence-corrected chi connectivity index (χ3v) is 6.74. The van der Waals surface area contributed by atoms with E-state index >= 15 is 0 Å². The summed E-state index contributed by atoms with van der Waals surface area (Å²) in [4.78, 5) is 27.3. The minimum Gasteiger partial charge on any atom is -0.456 e. The van der Waals surface area contributed by atoms with E-state index in [4.69, 9.17) is 27.9 Å². The van der Waals surface area contributed by atoms with Gasteiger partial charge in [-0.25, -0.2) is 9.18 Å². The van der Waals surface area contributed by atoms with E-state index in [-0.39, 0.29) is 28.4 Å². The first-order chi connectivity index (χ1) is 17.4. The van der Waals surface area contributed by atoms with Gasteiger partial charge in [0.1, 0.15) is 16.4 Å². The average Bonchev–Trinajstić information content (AvgIpc) is 2.82. The molecule has 0 saturated heterocycles. The van der Waals surface area contributed by atoms with E-state index in [1.54, 1.807) is 28.8 Å². The molecule has 2 aromatic carbocycles. The van der Waals surface area contributed by atoms with Crippen LogP contribution in [0.25, 0.3) is 0 Å². The molecule has 0 spiro atoms. The Labute approximate surface area is 227 Å². The van der Waals surface area contributed by atoms with Gasteiger partial charge in [0.05, 0.1) is 16.3 Å². The van der Waals surface area contributed by atoms with Crippen molar-refractivity contribution in [1.29, 1.82) is 0 Å². The third kappa shape index (κ3) is 7.91. The van der Waals surface area contributed by atoms with Crippen molar-refractivity contribution in [2.45, 2.75) is 65.3 Å². The predicted octanol–water partition coefficient (Wildman–Crippen LogP) is 6.56. The van der Waals surface area contributed by atoms with Crippen molar-refractivity contribution in [2.24, 2.45) is 0 Å². The number of ether oxygens (including phenoxy) is 1. The average molecular weight is 547 g/mol. The van der Waals surface area contributed by atoms with Crippen LogP contribution < -0.4 is 5.56 Å². The number of aromatic nitrogens is 1. The Bertz CT molecular complexity index is 1300. The van der Waals surface area contributed by atoms with Crippen molar-refractivity contribution < 1.29 is 13.9 Å². The predicted molar refractivity (Wildman–Crippen MR) is 147 cm³/mol. The third-order valence-electron chi connectivity index (χ3n) is 6.14. The summed E-state index contributed by atoms with van der Waals surface area (Å²) in [5.41, 5.74) is 1.80. The monoisotopic (exact) mass is 546 g/mol. The maximum absolute atomic E-state index is 14.1. The van der Waals surface area contributed by atoms with Gasteiger partial charge in [0.25, 0.3) is 5.56 Å². The zero-order valence-corrected chi connectivity index (χ0v) is 23.4. The van der Waals surface area contributed by atoms with Crippen LogP contribution in [-0.2, 0) is 30.7 Å². The molecular formula is C29H33Cl2FN2O3. The van der Waals surface area contributed by atoms with Crippen molar-refractivity contribution in [3.05, 3.63) is 103 Å². The van der Waals surface area contributed by atoms with E-state index in [2.05, 4.69) is 0 Å². The van der Waals surface area contributed by atoms with Crippen molar-refractivity contribution in [3.63, 3.8) is 0 Å². The van der Waals surface area contributed by atoms with Gasteiger partial charge < -0.3 is 9.30 Å². The summed E-state index contributed by atoms with van der Waals surface area (Å²) in [6.45, 7) is 8.22. The van der Waals surface area contributed by atoms with E-state index in [0.29, 0.717) is 47.8 Å². The fourth-order valence-electron chi connectivity index (χ4n) is 3.95. The van der Waals surface area contributed by atoms with Crippen LogP contribution in [0.4, 0.5) is 4.39 Å². The zero-order valence-electron chi connectivity index (χ0n) is 21.9. The van der Waals surface area contributed by atoms with Gasteiger partial charge in [-0.15, -0.1) is 0 Å². The first-order valence-corrected chi connectivity index (χ1v) is 12.9. The molecule has 0 N–H and O–H groups in total. The van der Waals surface area contributed by atoms with Crippen LogP contribution in [0.3, 0.4) is 0 Å². The van der Waals surface area contributed by atoms with Gasteiger partial charge in [-0.2, -0.15) is 0 Å². The van der Waals surface area contributed by atoms with Crippen molar-refractivity contribution in [3.8, 4) is 0 Å². The van der Waals surface area contributed by atoms with Crippen molar-refractivity contribution in [1.82, 2.24) is 9.47 Å². The molecule has 3 aromatic rings. The normalized spacial score (nSPS) is 12.6. The molecular weight excluding hydrogens is 514 g/mol. The molecule has 3 rings (SSSR count). The summed E-state index contributed by atoms with van der Waals surface area (Å²) in [5.74, 6) is -0.617. The standard InChI is InChI=1S/C29H33Cl2FN2O3/c1-19(16-22-8-6-7-9-25(22)32)33(5)18-26-23(30)17-24(31)27(35)34(26)15-14-20-10-12-21(13-11-20)28(36)37-29(2,3)4/h6-13,17,19H,14-16,18H2,1-5H3. The molecule has 1 aromatic heterocycles. The van der Waals surface area contributed by atoms with Crippen LogP contribution in [0, 0.1) is 5.82 Å². The maximum atomic E-state index is 14.1. The summed E-state index contributed by atoms with van der Waals surface area (Å²) in [5, 5.41) is 0.450. The van der Waals surface area contributed by atoms with E-state index in [1.165, 1.54) is 12.1 Å². The van der Waals surface area contributed by atoms with Crippen LogP contribution in [0.2, 0.25) is 10.0 Å². The van der Waals surface area contributed by atoms with Crippen LogP contribution >= 0.6 is 23.2 Å². The second-order valence-corrected chi connectivity index (χ2v) is 11.1. The molecule has 0 amide bonds. The van der Waals surface area contributed by atoms with E-state index < -0.39 is 5.60 Å². The van der Waals surface area contributed by atoms with Gasteiger partial charge in [0.15, 0.2) is 0 Å². The molecule has 0 saturated carbocycles. The lowest BCUT2D eigenvalue weighted by atomic mass is 10.1. The lowest BCUT2D eigenvalue weighted by Gasteiger charge is -2.27. The maximum Gasteiger partial charge on any atom is 0.338 e. The number of benzene rings is 2. The minimum absolute atomic E-state index is 0.00686. The van der Waals surface area contributed by atoms with Crippen molar-refractivity contribution in [2.75, 3.05) is 7.05 Å². The van der Waals surface area contributed by atoms with Crippen LogP contribution in [-0.4, -0.2) is 34.1 Å². The SMILES string of the molecule is CC(Cc1ccccc1F)N(C)Cc1c(Cl)cc(Cl)c(=O)n1CCc1ccc(C(=O)OC(C)(C)C)cc1. The van der Waals surface area contributed by atoms with Gasteiger partial charge in [-0.3, -0.25) is 9.69 Å². The van der Waals surface area contributed by atoms with Gasteiger partial charge in [0.2, 0.25) is 0 Å². The highest BCUT2D eigenvalue weighted by Crippen LogP contribution is 2.22. The summed E-state index contributed by atoms with van der Waals surface area (Å²) >= 11 is 12.7. The lowest BCUT2D eigenvalue weighted by molar-refractivity contribution is 0.00695. The Morgan fingerprint density at radius 1 is 1.08 bits per heavy atom. The van der Waals surface area contributed by atoms with Crippen LogP contribution in [0.5, 0.6) is 0 Å². The summed E-state index contributed by atoms with van der Waals surface area (Å²) in [6, 6.07) is 15.3. The van der Waals surface area contributed by atoms with Gasteiger partial charge in [-0.1, -0.05) is 53.5 Å². The fraction of sp³-hybridized carbons (Fsp3) is 0.379. The number of carbonyl (C=O) groups is 1. The summed E-state index contributed by atoms with van der Waals surface area (Å²) < 4.78 is 21.2. The first-order valence-electron chi connectivity index (χ1n) is 12.2. The molecule has 37 heavy (non-hydrogen) atoms. The Balaban J connectivity index is 1.75. The Hall–Kier alpha value is -2.67. The largest absolute Gasteiger partial charge is 0.456 e. The van der Waals surface area contributed by atoms with E-state index in [0.717, 1.165) is 5.56 Å². The summed E-state index contributed by atoms with van der Waals surface area (Å²) in [6.07, 6.45) is 1.05. The molecule has 0 fully saturated rings. The Morgan fingerprint density at radius 3 is 2.35 bits per heavy atom. The molecule has 0 aliphatic carbocycles. The minimum atomic E-state index is -0.570. The molecule has 1 unspecified atom stereocenters. The number of hydrogen-bond donors (Lipinski definition) is 0. The molecule has 8 heteroatoms. The second kappa shape index (κ2) is 12.2. The van der Waals surface area contributed by atoms with Crippen molar-refractivity contribution >= 4 is 29.2 Å². The molecule has 0 aliphatic heterocycles. The number of halogens is 3. The highest BCUT2D eigenvalue weighted by atomic mass is 35.5. The number of likely N-dealkylation sites (N-methyl/N-ethyl adjacent to an activating group) is 1. The second-order valence-electron chi connectivity index (χ2n) is 10.3. The number of aryl methyl sites for hydroxylation is 1. The highest BCUT2D eigenvalue weighted by Gasteiger charge is 2.20. The molecule has 1 atom stereocenters.